The van der Waals surface area contributed by atoms with Gasteiger partial charge in [-0.05, 0) is 37.5 Å². The van der Waals surface area contributed by atoms with Crippen LogP contribution in [-0.2, 0) is 23.1 Å². The van der Waals surface area contributed by atoms with E-state index in [1.54, 1.807) is 0 Å². The van der Waals surface area contributed by atoms with Crippen molar-refractivity contribution in [1.82, 2.24) is 9.78 Å². The summed E-state index contributed by atoms with van der Waals surface area (Å²) in [5, 5.41) is 4.52. The molecule has 1 saturated heterocycles. The van der Waals surface area contributed by atoms with Crippen LogP contribution in [0.3, 0.4) is 0 Å². The highest BCUT2D eigenvalue weighted by atomic mass is 79.9. The second-order valence-electron chi connectivity index (χ2n) is 5.26. The second-order valence-corrected chi connectivity index (χ2v) is 6.18. The first-order chi connectivity index (χ1) is 10.2. The molecule has 0 N–H and O–H groups in total. The predicted octanol–water partition coefficient (Wildman–Crippen LogP) is 3.89. The average Bonchev–Trinajstić information content (AvgIpc) is 2.87. The number of benzene rings is 1. The van der Waals surface area contributed by atoms with Crippen LogP contribution < -0.4 is 0 Å². The van der Waals surface area contributed by atoms with Gasteiger partial charge in [0.1, 0.15) is 0 Å². The monoisotopic (exact) mass is 350 g/mol. The number of aromatic nitrogens is 2. The Balaban J connectivity index is 1.69. The van der Waals surface area contributed by atoms with Gasteiger partial charge in [-0.1, -0.05) is 28.1 Å². The molecule has 0 aliphatic carbocycles. The zero-order chi connectivity index (χ0) is 14.7. The van der Waals surface area contributed by atoms with Gasteiger partial charge in [0, 0.05) is 23.7 Å². The second kappa shape index (κ2) is 6.73. The number of ether oxygens (including phenoxy) is 2. The van der Waals surface area contributed by atoms with Gasteiger partial charge < -0.3 is 9.47 Å². The minimum Gasteiger partial charge on any atom is -0.353 e. The summed E-state index contributed by atoms with van der Waals surface area (Å²) < 4.78 is 14.3. The number of halogens is 1. The molecule has 112 valence electrons. The molecule has 0 saturated carbocycles. The van der Waals surface area contributed by atoms with Crippen LogP contribution in [0.25, 0.3) is 11.3 Å². The highest BCUT2D eigenvalue weighted by Crippen LogP contribution is 2.24. The standard InChI is InChI=1S/C16H19BrN2O2/c1-19-15(12-5-4-6-13(17)9-12)10-14(18-19)11-21-16-7-2-3-8-20-16/h4-6,9-10,16H,2-3,7-8,11H2,1H3. The van der Waals surface area contributed by atoms with E-state index in [2.05, 4.69) is 39.2 Å². The van der Waals surface area contributed by atoms with E-state index in [1.807, 2.05) is 23.9 Å². The zero-order valence-corrected chi connectivity index (χ0v) is 13.7. The third-order valence-electron chi connectivity index (χ3n) is 3.61. The molecule has 0 spiro atoms. The van der Waals surface area contributed by atoms with Crippen molar-refractivity contribution in [3.05, 3.63) is 40.5 Å². The van der Waals surface area contributed by atoms with Crippen molar-refractivity contribution in [3.63, 3.8) is 0 Å². The molecule has 3 rings (SSSR count). The summed E-state index contributed by atoms with van der Waals surface area (Å²) in [6.45, 7) is 1.29. The molecule has 5 heteroatoms. The molecule has 1 unspecified atom stereocenters. The van der Waals surface area contributed by atoms with Crippen molar-refractivity contribution in [3.8, 4) is 11.3 Å². The number of rotatable bonds is 4. The zero-order valence-electron chi connectivity index (χ0n) is 12.1. The van der Waals surface area contributed by atoms with Gasteiger partial charge in [0.25, 0.3) is 0 Å². The summed E-state index contributed by atoms with van der Waals surface area (Å²) >= 11 is 3.50. The Morgan fingerprint density at radius 3 is 3.05 bits per heavy atom. The Kier molecular flexibility index (Phi) is 4.73. The lowest BCUT2D eigenvalue weighted by molar-refractivity contribution is -0.169. The van der Waals surface area contributed by atoms with E-state index in [0.717, 1.165) is 40.9 Å². The summed E-state index contributed by atoms with van der Waals surface area (Å²) in [5.74, 6) is 0. The van der Waals surface area contributed by atoms with Gasteiger partial charge in [-0.2, -0.15) is 5.10 Å². The number of aryl methyl sites for hydroxylation is 1. The molecular formula is C16H19BrN2O2. The molecule has 4 nitrogen and oxygen atoms in total. The maximum Gasteiger partial charge on any atom is 0.158 e. The highest BCUT2D eigenvalue weighted by Gasteiger charge is 2.15. The molecule has 1 fully saturated rings. The maximum atomic E-state index is 5.79. The van der Waals surface area contributed by atoms with E-state index >= 15 is 0 Å². The van der Waals surface area contributed by atoms with E-state index < -0.39 is 0 Å². The number of hydrogen-bond donors (Lipinski definition) is 0. The molecule has 0 bridgehead atoms. The Bertz CT molecular complexity index is 606. The first kappa shape index (κ1) is 14.8. The van der Waals surface area contributed by atoms with E-state index in [9.17, 15) is 0 Å². The fourth-order valence-corrected chi connectivity index (χ4v) is 2.94. The van der Waals surface area contributed by atoms with Gasteiger partial charge in [-0.3, -0.25) is 4.68 Å². The van der Waals surface area contributed by atoms with Crippen LogP contribution in [0.15, 0.2) is 34.8 Å². The molecule has 2 aromatic rings. The molecule has 2 heterocycles. The fraction of sp³-hybridized carbons (Fsp3) is 0.438. The van der Waals surface area contributed by atoms with Crippen LogP contribution >= 0.6 is 15.9 Å². The quantitative estimate of drug-likeness (QED) is 0.839. The van der Waals surface area contributed by atoms with Crippen molar-refractivity contribution in [1.29, 1.82) is 0 Å². The molecular weight excluding hydrogens is 332 g/mol. The van der Waals surface area contributed by atoms with Crippen molar-refractivity contribution >= 4 is 15.9 Å². The highest BCUT2D eigenvalue weighted by molar-refractivity contribution is 9.10. The van der Waals surface area contributed by atoms with Crippen molar-refractivity contribution in [2.24, 2.45) is 7.05 Å². The SMILES string of the molecule is Cn1nc(COC2CCCCO2)cc1-c1cccc(Br)c1. The Labute approximate surface area is 133 Å². The molecule has 1 aliphatic heterocycles. The molecule has 1 aromatic heterocycles. The van der Waals surface area contributed by atoms with Gasteiger partial charge in [0.2, 0.25) is 0 Å². The smallest absolute Gasteiger partial charge is 0.158 e. The largest absolute Gasteiger partial charge is 0.353 e. The minimum absolute atomic E-state index is 0.0740. The summed E-state index contributed by atoms with van der Waals surface area (Å²) in [6.07, 6.45) is 3.22. The van der Waals surface area contributed by atoms with Crippen molar-refractivity contribution in [2.45, 2.75) is 32.2 Å². The van der Waals surface area contributed by atoms with Gasteiger partial charge >= 0.3 is 0 Å². The molecule has 0 radical (unpaired) electrons. The lowest BCUT2D eigenvalue weighted by Gasteiger charge is -2.22. The van der Waals surface area contributed by atoms with Crippen LogP contribution in [-0.4, -0.2) is 22.7 Å². The van der Waals surface area contributed by atoms with Gasteiger partial charge in [-0.25, -0.2) is 0 Å². The molecule has 21 heavy (non-hydrogen) atoms. The van der Waals surface area contributed by atoms with Gasteiger partial charge in [0.05, 0.1) is 18.0 Å². The average molecular weight is 351 g/mol. The van der Waals surface area contributed by atoms with Crippen LogP contribution in [0.2, 0.25) is 0 Å². The summed E-state index contributed by atoms with van der Waals surface area (Å²) in [4.78, 5) is 0. The predicted molar refractivity (Wildman–Crippen MR) is 84.7 cm³/mol. The normalized spacial score (nSPS) is 18.9. The third-order valence-corrected chi connectivity index (χ3v) is 4.10. The summed E-state index contributed by atoms with van der Waals surface area (Å²) in [7, 11) is 1.96. The Morgan fingerprint density at radius 2 is 2.29 bits per heavy atom. The van der Waals surface area contributed by atoms with Gasteiger partial charge in [-0.15, -0.1) is 0 Å². The third kappa shape index (κ3) is 3.73. The van der Waals surface area contributed by atoms with E-state index in [0.29, 0.717) is 6.61 Å². The van der Waals surface area contributed by atoms with Crippen LogP contribution in [0.5, 0.6) is 0 Å². The topological polar surface area (TPSA) is 36.3 Å². The molecule has 0 amide bonds. The summed E-state index contributed by atoms with van der Waals surface area (Å²) in [6, 6.07) is 10.3. The molecule has 1 aliphatic rings. The molecule has 1 aromatic carbocycles. The lowest BCUT2D eigenvalue weighted by Crippen LogP contribution is -2.22. The maximum absolute atomic E-state index is 5.79. The van der Waals surface area contributed by atoms with Gasteiger partial charge in [0.15, 0.2) is 6.29 Å². The molecule has 1 atom stereocenters. The Hall–Kier alpha value is -1.17. The number of hydrogen-bond acceptors (Lipinski definition) is 3. The van der Waals surface area contributed by atoms with E-state index in [1.165, 1.54) is 6.42 Å². The first-order valence-corrected chi connectivity index (χ1v) is 8.04. The van der Waals surface area contributed by atoms with E-state index in [4.69, 9.17) is 9.47 Å². The Morgan fingerprint density at radius 1 is 1.38 bits per heavy atom. The van der Waals surface area contributed by atoms with Crippen molar-refractivity contribution < 1.29 is 9.47 Å². The van der Waals surface area contributed by atoms with Crippen LogP contribution in [0.4, 0.5) is 0 Å². The lowest BCUT2D eigenvalue weighted by atomic mass is 10.1. The van der Waals surface area contributed by atoms with Crippen LogP contribution in [0, 0.1) is 0 Å². The minimum atomic E-state index is -0.0740. The fourth-order valence-electron chi connectivity index (χ4n) is 2.54. The van der Waals surface area contributed by atoms with Crippen molar-refractivity contribution in [2.75, 3.05) is 6.61 Å². The first-order valence-electron chi connectivity index (χ1n) is 7.24. The van der Waals surface area contributed by atoms with E-state index in [-0.39, 0.29) is 6.29 Å². The number of nitrogens with zero attached hydrogens (tertiary/aromatic N) is 2. The van der Waals surface area contributed by atoms with Crippen LogP contribution in [0.1, 0.15) is 25.0 Å². The summed E-state index contributed by atoms with van der Waals surface area (Å²) in [5.41, 5.74) is 3.15.